The Kier molecular flexibility index (Phi) is 4.35. The van der Waals surface area contributed by atoms with Gasteiger partial charge in [0, 0.05) is 12.2 Å². The number of aromatic nitrogens is 1. The number of esters is 1. The van der Waals surface area contributed by atoms with Crippen molar-refractivity contribution in [3.8, 4) is 0 Å². The summed E-state index contributed by atoms with van der Waals surface area (Å²) in [5.41, 5.74) is 1.74. The van der Waals surface area contributed by atoms with Crippen LogP contribution in [0.15, 0.2) is 24.8 Å². The highest BCUT2D eigenvalue weighted by Crippen LogP contribution is 2.14. The molecule has 1 heterocycles. The van der Waals surface area contributed by atoms with Crippen LogP contribution in [0, 0.1) is 5.92 Å². The van der Waals surface area contributed by atoms with E-state index in [0.717, 1.165) is 12.1 Å². The number of carbonyl (C=O) groups excluding carboxylic acids is 1. The summed E-state index contributed by atoms with van der Waals surface area (Å²) < 4.78 is 6.70. The molecule has 1 aromatic heterocycles. The van der Waals surface area contributed by atoms with Crippen LogP contribution in [0.25, 0.3) is 0 Å². The smallest absolute Gasteiger partial charge is 0.354 e. The lowest BCUT2D eigenvalue weighted by Gasteiger charge is -2.11. The first-order valence-corrected chi connectivity index (χ1v) is 5.47. The number of nitrogens with zero attached hydrogens (tertiary/aromatic N) is 1. The van der Waals surface area contributed by atoms with Gasteiger partial charge in [0.15, 0.2) is 0 Å². The molecule has 0 atom stereocenters. The minimum Gasteiger partial charge on any atom is -0.464 e. The first kappa shape index (κ1) is 12.6. The predicted octanol–water partition coefficient (Wildman–Crippen LogP) is 2.66. The van der Waals surface area contributed by atoms with Crippen LogP contribution in [0.2, 0.25) is 0 Å². The number of hydrogen-bond donors (Lipinski definition) is 0. The normalized spacial score (nSPS) is 10.5. The van der Waals surface area contributed by atoms with Crippen molar-refractivity contribution in [2.24, 2.45) is 5.92 Å². The van der Waals surface area contributed by atoms with Crippen molar-refractivity contribution >= 4 is 5.97 Å². The van der Waals surface area contributed by atoms with E-state index in [-0.39, 0.29) is 5.97 Å². The van der Waals surface area contributed by atoms with E-state index in [4.69, 9.17) is 4.74 Å². The van der Waals surface area contributed by atoms with Gasteiger partial charge < -0.3 is 9.30 Å². The Morgan fingerprint density at radius 3 is 2.75 bits per heavy atom. The Morgan fingerprint density at radius 1 is 1.56 bits per heavy atom. The van der Waals surface area contributed by atoms with Gasteiger partial charge in [-0.3, -0.25) is 0 Å². The molecule has 0 unspecified atom stereocenters. The van der Waals surface area contributed by atoms with Crippen LogP contribution in [0.1, 0.15) is 30.0 Å². The fourth-order valence-corrected chi connectivity index (χ4v) is 1.73. The van der Waals surface area contributed by atoms with Crippen molar-refractivity contribution in [2.75, 3.05) is 7.11 Å². The first-order chi connectivity index (χ1) is 7.60. The molecule has 0 radical (unpaired) electrons. The lowest BCUT2D eigenvalue weighted by molar-refractivity contribution is 0.0588. The van der Waals surface area contributed by atoms with Crippen LogP contribution in [0.4, 0.5) is 0 Å². The Balaban J connectivity index is 3.05. The Morgan fingerprint density at radius 2 is 2.25 bits per heavy atom. The van der Waals surface area contributed by atoms with Gasteiger partial charge in [0.05, 0.1) is 7.11 Å². The highest BCUT2D eigenvalue weighted by atomic mass is 16.5. The van der Waals surface area contributed by atoms with Gasteiger partial charge in [-0.1, -0.05) is 19.9 Å². The average Bonchev–Trinajstić information content (AvgIpc) is 2.61. The molecule has 1 rings (SSSR count). The topological polar surface area (TPSA) is 31.2 Å². The van der Waals surface area contributed by atoms with E-state index < -0.39 is 0 Å². The highest BCUT2D eigenvalue weighted by molar-refractivity contribution is 5.87. The van der Waals surface area contributed by atoms with Crippen molar-refractivity contribution in [2.45, 2.75) is 26.8 Å². The molecule has 0 saturated heterocycles. The summed E-state index contributed by atoms with van der Waals surface area (Å²) in [6.07, 6.45) is 2.74. The Bertz CT molecular complexity index is 377. The maximum atomic E-state index is 11.5. The maximum absolute atomic E-state index is 11.5. The summed E-state index contributed by atoms with van der Waals surface area (Å²) in [4.78, 5) is 11.5. The molecule has 1 aromatic rings. The third kappa shape index (κ3) is 2.75. The zero-order chi connectivity index (χ0) is 12.1. The molecular formula is C13H19NO2. The van der Waals surface area contributed by atoms with E-state index in [1.165, 1.54) is 7.11 Å². The van der Waals surface area contributed by atoms with Gasteiger partial charge in [-0.15, -0.1) is 6.58 Å². The Labute approximate surface area is 96.7 Å². The number of hydrogen-bond acceptors (Lipinski definition) is 2. The van der Waals surface area contributed by atoms with Crippen molar-refractivity contribution in [3.05, 3.63) is 36.2 Å². The molecule has 0 N–H and O–H groups in total. The summed E-state index contributed by atoms with van der Waals surface area (Å²) in [7, 11) is 1.40. The van der Waals surface area contributed by atoms with Gasteiger partial charge in [-0.2, -0.15) is 0 Å². The van der Waals surface area contributed by atoms with E-state index in [9.17, 15) is 4.79 Å². The van der Waals surface area contributed by atoms with E-state index in [0.29, 0.717) is 18.2 Å². The van der Waals surface area contributed by atoms with Gasteiger partial charge >= 0.3 is 5.97 Å². The largest absolute Gasteiger partial charge is 0.464 e. The van der Waals surface area contributed by atoms with Crippen LogP contribution in [-0.4, -0.2) is 17.6 Å². The van der Waals surface area contributed by atoms with Crippen LogP contribution in [-0.2, 0) is 17.7 Å². The average molecular weight is 221 g/mol. The fraction of sp³-hybridized carbons (Fsp3) is 0.462. The number of rotatable bonds is 5. The molecule has 0 spiro atoms. The second-order valence-corrected chi connectivity index (χ2v) is 4.20. The number of allylic oxidation sites excluding steroid dienone is 1. The first-order valence-electron chi connectivity index (χ1n) is 5.47. The van der Waals surface area contributed by atoms with Crippen LogP contribution in [0.3, 0.4) is 0 Å². The van der Waals surface area contributed by atoms with Crippen molar-refractivity contribution in [1.82, 2.24) is 4.57 Å². The third-order valence-corrected chi connectivity index (χ3v) is 2.39. The third-order valence-electron chi connectivity index (χ3n) is 2.39. The second kappa shape index (κ2) is 5.54. The van der Waals surface area contributed by atoms with Crippen molar-refractivity contribution < 1.29 is 9.53 Å². The lowest BCUT2D eigenvalue weighted by Crippen LogP contribution is -2.13. The molecule has 0 aliphatic heterocycles. The number of ether oxygens (including phenoxy) is 1. The quantitative estimate of drug-likeness (QED) is 0.565. The molecule has 0 saturated carbocycles. The van der Waals surface area contributed by atoms with Crippen LogP contribution < -0.4 is 0 Å². The number of carbonyl (C=O) groups is 1. The van der Waals surface area contributed by atoms with Crippen LogP contribution >= 0.6 is 0 Å². The predicted molar refractivity (Wildman–Crippen MR) is 64.5 cm³/mol. The molecule has 3 heteroatoms. The summed E-state index contributed by atoms with van der Waals surface area (Å²) in [6, 6.07) is 3.79. The SMILES string of the molecule is C=CCn1c(CC(C)C)ccc1C(=O)OC. The molecule has 3 nitrogen and oxygen atoms in total. The van der Waals surface area contributed by atoms with Gasteiger partial charge in [0.2, 0.25) is 0 Å². The van der Waals surface area contributed by atoms with Crippen LogP contribution in [0.5, 0.6) is 0 Å². The van der Waals surface area contributed by atoms with Gasteiger partial charge in [0.25, 0.3) is 0 Å². The minimum atomic E-state index is -0.295. The molecule has 88 valence electrons. The van der Waals surface area contributed by atoms with Crippen molar-refractivity contribution in [3.63, 3.8) is 0 Å². The number of methoxy groups -OCH3 is 1. The fourth-order valence-electron chi connectivity index (χ4n) is 1.73. The summed E-state index contributed by atoms with van der Waals surface area (Å²) in [5.74, 6) is 0.265. The van der Waals surface area contributed by atoms with Gasteiger partial charge in [-0.25, -0.2) is 4.79 Å². The summed E-state index contributed by atoms with van der Waals surface area (Å²) in [5, 5.41) is 0. The Hall–Kier alpha value is -1.51. The molecule has 0 aliphatic rings. The standard InChI is InChI=1S/C13H19NO2/c1-5-8-14-11(9-10(2)3)6-7-12(14)13(15)16-4/h5-7,10H,1,8-9H2,2-4H3. The molecule has 0 amide bonds. The molecule has 0 aliphatic carbocycles. The zero-order valence-electron chi connectivity index (χ0n) is 10.2. The highest BCUT2D eigenvalue weighted by Gasteiger charge is 2.14. The molecule has 16 heavy (non-hydrogen) atoms. The monoisotopic (exact) mass is 221 g/mol. The molecular weight excluding hydrogens is 202 g/mol. The van der Waals surface area contributed by atoms with E-state index in [1.807, 2.05) is 16.7 Å². The molecule has 0 aromatic carbocycles. The summed E-state index contributed by atoms with van der Waals surface area (Å²) >= 11 is 0. The summed E-state index contributed by atoms with van der Waals surface area (Å²) in [6.45, 7) is 8.66. The van der Waals surface area contributed by atoms with E-state index in [2.05, 4.69) is 20.4 Å². The minimum absolute atomic E-state index is 0.295. The second-order valence-electron chi connectivity index (χ2n) is 4.20. The van der Waals surface area contributed by atoms with E-state index in [1.54, 1.807) is 6.08 Å². The zero-order valence-corrected chi connectivity index (χ0v) is 10.2. The van der Waals surface area contributed by atoms with E-state index >= 15 is 0 Å². The maximum Gasteiger partial charge on any atom is 0.354 e. The lowest BCUT2D eigenvalue weighted by atomic mass is 10.1. The van der Waals surface area contributed by atoms with Gasteiger partial charge in [0.1, 0.15) is 5.69 Å². The molecule has 0 fully saturated rings. The van der Waals surface area contributed by atoms with Crippen molar-refractivity contribution in [1.29, 1.82) is 0 Å². The molecule has 0 bridgehead atoms. The van der Waals surface area contributed by atoms with Gasteiger partial charge in [-0.05, 0) is 24.5 Å².